The summed E-state index contributed by atoms with van der Waals surface area (Å²) in [5, 5.41) is 11.3. The molecule has 0 spiro atoms. The van der Waals surface area contributed by atoms with Gasteiger partial charge in [0.1, 0.15) is 6.54 Å². The van der Waals surface area contributed by atoms with E-state index in [-0.39, 0.29) is 12.5 Å². The minimum atomic E-state index is -0.135. The highest BCUT2D eigenvalue weighted by atomic mass is 79.9. The normalized spacial score (nSPS) is 10.8. The molecule has 2 aromatic heterocycles. The number of aromatic nitrogens is 4. The molecule has 124 valence electrons. The highest BCUT2D eigenvalue weighted by molar-refractivity contribution is 9.10. The van der Waals surface area contributed by atoms with E-state index in [9.17, 15) is 4.79 Å². The summed E-state index contributed by atoms with van der Waals surface area (Å²) in [6, 6.07) is 8.28. The van der Waals surface area contributed by atoms with Gasteiger partial charge in [-0.15, -0.1) is 0 Å². The lowest BCUT2D eigenvalue weighted by Gasteiger charge is -2.05. The fraction of sp³-hybridized carbons (Fsp3) is 0.235. The Balaban J connectivity index is 1.61. The van der Waals surface area contributed by atoms with Crippen LogP contribution in [0.15, 0.2) is 47.3 Å². The molecule has 0 radical (unpaired) electrons. The highest BCUT2D eigenvalue weighted by Crippen LogP contribution is 2.14. The Kier molecular flexibility index (Phi) is 4.80. The van der Waals surface area contributed by atoms with Crippen LogP contribution in [0.3, 0.4) is 0 Å². The van der Waals surface area contributed by atoms with Crippen molar-refractivity contribution in [2.75, 3.05) is 5.32 Å². The number of hydrogen-bond donors (Lipinski definition) is 1. The molecule has 0 aliphatic heterocycles. The van der Waals surface area contributed by atoms with E-state index in [1.165, 1.54) is 11.1 Å². The number of carbonyl (C=O) groups is 1. The van der Waals surface area contributed by atoms with Crippen LogP contribution in [0.5, 0.6) is 0 Å². The third-order valence-corrected chi connectivity index (χ3v) is 4.46. The lowest BCUT2D eigenvalue weighted by atomic mass is 10.1. The summed E-state index contributed by atoms with van der Waals surface area (Å²) in [5.41, 5.74) is 3.98. The summed E-state index contributed by atoms with van der Waals surface area (Å²) < 4.78 is 4.35. The molecule has 0 bridgehead atoms. The number of aryl methyl sites for hydroxylation is 1. The second-order valence-corrected chi connectivity index (χ2v) is 6.55. The Morgan fingerprint density at radius 2 is 2.08 bits per heavy atom. The molecule has 0 saturated carbocycles. The van der Waals surface area contributed by atoms with E-state index >= 15 is 0 Å². The minimum absolute atomic E-state index is 0.135. The molecule has 3 aromatic rings. The zero-order valence-electron chi connectivity index (χ0n) is 13.5. The smallest absolute Gasteiger partial charge is 0.246 e. The molecule has 6 nitrogen and oxygen atoms in total. The van der Waals surface area contributed by atoms with Crippen LogP contribution in [-0.4, -0.2) is 25.5 Å². The number of halogens is 1. The molecule has 0 fully saturated rings. The molecule has 1 amide bonds. The standard InChI is InChI=1S/C17H18BrN5O/c1-12-4-3-5-14(6-12)9-22-10-15(7-19-22)21-17(24)11-23-13(2)16(18)8-20-23/h3-8,10H,9,11H2,1-2H3,(H,21,24). The van der Waals surface area contributed by atoms with E-state index in [0.717, 1.165) is 10.2 Å². The molecule has 7 heteroatoms. The molecule has 1 aromatic carbocycles. The largest absolute Gasteiger partial charge is 0.322 e. The first-order valence-corrected chi connectivity index (χ1v) is 8.36. The molecular formula is C17H18BrN5O. The SMILES string of the molecule is Cc1cccc(Cn2cc(NC(=O)Cn3ncc(Br)c3C)cn2)c1. The third kappa shape index (κ3) is 3.91. The van der Waals surface area contributed by atoms with Gasteiger partial charge in [0, 0.05) is 6.20 Å². The van der Waals surface area contributed by atoms with E-state index in [1.54, 1.807) is 21.8 Å². The highest BCUT2D eigenvalue weighted by Gasteiger charge is 2.10. The van der Waals surface area contributed by atoms with E-state index in [1.807, 2.05) is 19.2 Å². The number of hydrogen-bond acceptors (Lipinski definition) is 3. The van der Waals surface area contributed by atoms with Crippen LogP contribution >= 0.6 is 15.9 Å². The second kappa shape index (κ2) is 7.00. The number of rotatable bonds is 5. The Morgan fingerprint density at radius 1 is 1.25 bits per heavy atom. The summed E-state index contributed by atoms with van der Waals surface area (Å²) in [7, 11) is 0. The Labute approximate surface area is 148 Å². The van der Waals surface area contributed by atoms with Gasteiger partial charge in [0.25, 0.3) is 0 Å². The lowest BCUT2D eigenvalue weighted by Crippen LogP contribution is -2.20. The van der Waals surface area contributed by atoms with Crippen molar-refractivity contribution in [2.45, 2.75) is 26.9 Å². The predicted molar refractivity (Wildman–Crippen MR) is 95.8 cm³/mol. The Hall–Kier alpha value is -2.41. The summed E-state index contributed by atoms with van der Waals surface area (Å²) in [6.45, 7) is 4.81. The van der Waals surface area contributed by atoms with Crippen molar-refractivity contribution in [3.8, 4) is 0 Å². The van der Waals surface area contributed by atoms with Gasteiger partial charge in [0.15, 0.2) is 0 Å². The molecule has 0 atom stereocenters. The van der Waals surface area contributed by atoms with Gasteiger partial charge in [0.2, 0.25) is 5.91 Å². The van der Waals surface area contributed by atoms with Gasteiger partial charge in [0.05, 0.1) is 34.8 Å². The first kappa shape index (κ1) is 16.4. The zero-order valence-corrected chi connectivity index (χ0v) is 15.1. The van der Waals surface area contributed by atoms with E-state index in [0.29, 0.717) is 12.2 Å². The monoisotopic (exact) mass is 387 g/mol. The van der Waals surface area contributed by atoms with Gasteiger partial charge in [-0.25, -0.2) is 0 Å². The summed E-state index contributed by atoms with van der Waals surface area (Å²) in [4.78, 5) is 12.1. The van der Waals surface area contributed by atoms with Crippen molar-refractivity contribution in [1.82, 2.24) is 19.6 Å². The quantitative estimate of drug-likeness (QED) is 0.731. The first-order chi connectivity index (χ1) is 11.5. The van der Waals surface area contributed by atoms with E-state index in [2.05, 4.69) is 56.6 Å². The maximum Gasteiger partial charge on any atom is 0.246 e. The molecule has 3 rings (SSSR count). The Morgan fingerprint density at radius 3 is 2.79 bits per heavy atom. The topological polar surface area (TPSA) is 64.7 Å². The molecule has 0 aliphatic rings. The summed E-state index contributed by atoms with van der Waals surface area (Å²) in [6.07, 6.45) is 5.16. The summed E-state index contributed by atoms with van der Waals surface area (Å²) >= 11 is 3.38. The number of carbonyl (C=O) groups excluding carboxylic acids is 1. The van der Waals surface area contributed by atoms with Crippen molar-refractivity contribution in [1.29, 1.82) is 0 Å². The maximum atomic E-state index is 12.1. The molecule has 24 heavy (non-hydrogen) atoms. The molecule has 0 unspecified atom stereocenters. The number of anilines is 1. The van der Waals surface area contributed by atoms with Crippen molar-refractivity contribution in [3.63, 3.8) is 0 Å². The van der Waals surface area contributed by atoms with Gasteiger partial charge in [-0.05, 0) is 35.3 Å². The zero-order chi connectivity index (χ0) is 17.1. The average Bonchev–Trinajstić information content (AvgIpc) is 3.09. The number of nitrogens with one attached hydrogen (secondary N) is 1. The van der Waals surface area contributed by atoms with Gasteiger partial charge in [-0.1, -0.05) is 29.8 Å². The number of benzene rings is 1. The van der Waals surface area contributed by atoms with Crippen LogP contribution in [0.2, 0.25) is 0 Å². The Bertz CT molecular complexity index is 868. The van der Waals surface area contributed by atoms with Crippen molar-refractivity contribution in [3.05, 3.63) is 64.1 Å². The molecule has 0 aliphatic carbocycles. The molecule has 1 N–H and O–H groups in total. The van der Waals surface area contributed by atoms with Crippen molar-refractivity contribution in [2.24, 2.45) is 0 Å². The maximum absolute atomic E-state index is 12.1. The second-order valence-electron chi connectivity index (χ2n) is 5.70. The van der Waals surface area contributed by atoms with Gasteiger partial charge < -0.3 is 5.32 Å². The number of amides is 1. The van der Waals surface area contributed by atoms with Gasteiger partial charge in [-0.2, -0.15) is 10.2 Å². The number of nitrogens with zero attached hydrogens (tertiary/aromatic N) is 4. The lowest BCUT2D eigenvalue weighted by molar-refractivity contribution is -0.116. The van der Waals surface area contributed by atoms with Crippen LogP contribution in [-0.2, 0) is 17.9 Å². The van der Waals surface area contributed by atoms with Crippen LogP contribution in [0, 0.1) is 13.8 Å². The molecule has 2 heterocycles. The fourth-order valence-corrected chi connectivity index (χ4v) is 2.73. The average molecular weight is 388 g/mol. The van der Waals surface area contributed by atoms with E-state index < -0.39 is 0 Å². The van der Waals surface area contributed by atoms with Crippen LogP contribution < -0.4 is 5.32 Å². The van der Waals surface area contributed by atoms with Gasteiger partial charge >= 0.3 is 0 Å². The fourth-order valence-electron chi connectivity index (χ4n) is 2.43. The van der Waals surface area contributed by atoms with Gasteiger partial charge in [-0.3, -0.25) is 14.2 Å². The van der Waals surface area contributed by atoms with Crippen molar-refractivity contribution < 1.29 is 4.79 Å². The molecular weight excluding hydrogens is 370 g/mol. The first-order valence-electron chi connectivity index (χ1n) is 7.57. The van der Waals surface area contributed by atoms with Crippen molar-refractivity contribution >= 4 is 27.5 Å². The summed E-state index contributed by atoms with van der Waals surface area (Å²) in [5.74, 6) is -0.135. The van der Waals surface area contributed by atoms with E-state index in [4.69, 9.17) is 0 Å². The molecule has 0 saturated heterocycles. The van der Waals surface area contributed by atoms with Crippen LogP contribution in [0.4, 0.5) is 5.69 Å². The van der Waals surface area contributed by atoms with Crippen LogP contribution in [0.1, 0.15) is 16.8 Å². The predicted octanol–water partition coefficient (Wildman–Crippen LogP) is 3.15. The minimum Gasteiger partial charge on any atom is -0.322 e. The van der Waals surface area contributed by atoms with Crippen LogP contribution in [0.25, 0.3) is 0 Å². The third-order valence-electron chi connectivity index (χ3n) is 3.68.